The van der Waals surface area contributed by atoms with Crippen molar-refractivity contribution < 1.29 is 23.1 Å². The van der Waals surface area contributed by atoms with Gasteiger partial charge in [-0.2, -0.15) is 13.2 Å². The van der Waals surface area contributed by atoms with Gasteiger partial charge in [0, 0.05) is 6.20 Å². The molecule has 0 aliphatic heterocycles. The highest BCUT2D eigenvalue weighted by atomic mass is 19.4. The lowest BCUT2D eigenvalue weighted by atomic mass is 10.2. The predicted octanol–water partition coefficient (Wildman–Crippen LogP) is 2.94. The van der Waals surface area contributed by atoms with Crippen molar-refractivity contribution in [1.82, 2.24) is 9.97 Å². The van der Waals surface area contributed by atoms with Crippen molar-refractivity contribution in [2.45, 2.75) is 6.18 Å². The monoisotopic (exact) mass is 283 g/mol. The molecule has 0 spiro atoms. The van der Waals surface area contributed by atoms with Crippen molar-refractivity contribution in [2.24, 2.45) is 0 Å². The zero-order valence-corrected chi connectivity index (χ0v) is 9.85. The summed E-state index contributed by atoms with van der Waals surface area (Å²) in [6.07, 6.45) is -3.31. The van der Waals surface area contributed by atoms with Crippen LogP contribution in [0.25, 0.3) is 0 Å². The van der Waals surface area contributed by atoms with Crippen LogP contribution in [-0.4, -0.2) is 21.0 Å². The lowest BCUT2D eigenvalue weighted by Gasteiger charge is -2.09. The quantitative estimate of drug-likeness (QED) is 0.905. The Morgan fingerprint density at radius 1 is 1.20 bits per heavy atom. The number of carboxylic acids is 1. The molecule has 0 unspecified atom stereocenters. The number of alkyl halides is 3. The summed E-state index contributed by atoms with van der Waals surface area (Å²) in [5.41, 5.74) is -1.08. The van der Waals surface area contributed by atoms with Gasteiger partial charge < -0.3 is 10.4 Å². The minimum absolute atomic E-state index is 0.0329. The van der Waals surface area contributed by atoms with E-state index in [4.69, 9.17) is 5.11 Å². The van der Waals surface area contributed by atoms with E-state index in [1.807, 2.05) is 0 Å². The molecule has 0 radical (unpaired) electrons. The van der Waals surface area contributed by atoms with E-state index in [0.717, 1.165) is 6.07 Å². The van der Waals surface area contributed by atoms with E-state index < -0.39 is 17.8 Å². The molecule has 0 aromatic carbocycles. The normalized spacial score (nSPS) is 11.2. The molecule has 2 rings (SSSR count). The molecule has 2 N–H and O–H groups in total. The number of pyridine rings is 2. The van der Waals surface area contributed by atoms with Crippen molar-refractivity contribution >= 4 is 17.6 Å². The number of nitrogens with zero attached hydrogens (tertiary/aromatic N) is 2. The third-order valence-corrected chi connectivity index (χ3v) is 2.30. The smallest absolute Gasteiger partial charge is 0.433 e. The zero-order chi connectivity index (χ0) is 14.8. The topological polar surface area (TPSA) is 75.1 Å². The van der Waals surface area contributed by atoms with Gasteiger partial charge in [-0.25, -0.2) is 14.8 Å². The molecule has 0 fully saturated rings. The first-order chi connectivity index (χ1) is 9.36. The van der Waals surface area contributed by atoms with Crippen LogP contribution in [0.1, 0.15) is 16.1 Å². The van der Waals surface area contributed by atoms with E-state index in [1.54, 1.807) is 0 Å². The maximum Gasteiger partial charge on any atom is 0.433 e. The number of hydrogen-bond donors (Lipinski definition) is 2. The lowest BCUT2D eigenvalue weighted by molar-refractivity contribution is -0.141. The van der Waals surface area contributed by atoms with E-state index in [1.165, 1.54) is 30.5 Å². The fourth-order valence-electron chi connectivity index (χ4n) is 1.43. The summed E-state index contributed by atoms with van der Waals surface area (Å²) in [6.45, 7) is 0. The first-order valence-electron chi connectivity index (χ1n) is 5.37. The van der Waals surface area contributed by atoms with Gasteiger partial charge in [-0.3, -0.25) is 0 Å². The predicted molar refractivity (Wildman–Crippen MR) is 63.7 cm³/mol. The highest BCUT2D eigenvalue weighted by Gasteiger charge is 2.32. The summed E-state index contributed by atoms with van der Waals surface area (Å²) in [5.74, 6) is -1.14. The van der Waals surface area contributed by atoms with Gasteiger partial charge in [0.25, 0.3) is 0 Å². The molecule has 0 bridgehead atoms. The van der Waals surface area contributed by atoms with Crippen LogP contribution in [0.15, 0.2) is 36.5 Å². The van der Waals surface area contributed by atoms with E-state index in [-0.39, 0.29) is 17.2 Å². The zero-order valence-electron chi connectivity index (χ0n) is 9.85. The number of rotatable bonds is 3. The van der Waals surface area contributed by atoms with Crippen LogP contribution in [-0.2, 0) is 6.18 Å². The van der Waals surface area contributed by atoms with Gasteiger partial charge >= 0.3 is 12.1 Å². The summed E-state index contributed by atoms with van der Waals surface area (Å²) >= 11 is 0. The van der Waals surface area contributed by atoms with Crippen LogP contribution in [0.4, 0.5) is 24.8 Å². The number of carboxylic acid groups (broad SMARTS) is 1. The summed E-state index contributed by atoms with van der Waals surface area (Å²) in [4.78, 5) is 18.0. The highest BCUT2D eigenvalue weighted by molar-refractivity contribution is 5.88. The van der Waals surface area contributed by atoms with Crippen molar-refractivity contribution in [3.8, 4) is 0 Å². The molecule has 0 saturated carbocycles. The average molecular weight is 283 g/mol. The van der Waals surface area contributed by atoms with E-state index in [2.05, 4.69) is 15.3 Å². The summed E-state index contributed by atoms with van der Waals surface area (Å²) in [6, 6.07) is 5.83. The van der Waals surface area contributed by atoms with Crippen LogP contribution >= 0.6 is 0 Å². The Kier molecular flexibility index (Phi) is 3.55. The van der Waals surface area contributed by atoms with Gasteiger partial charge in [-0.1, -0.05) is 6.07 Å². The number of aromatic nitrogens is 2. The number of aromatic carboxylic acids is 1. The fourth-order valence-corrected chi connectivity index (χ4v) is 1.43. The molecule has 2 aromatic rings. The highest BCUT2D eigenvalue weighted by Crippen LogP contribution is 2.28. The van der Waals surface area contributed by atoms with Crippen LogP contribution < -0.4 is 5.32 Å². The van der Waals surface area contributed by atoms with Crippen LogP contribution in [0.5, 0.6) is 0 Å². The largest absolute Gasteiger partial charge is 0.478 e. The minimum atomic E-state index is -4.55. The Balaban J connectivity index is 2.26. The van der Waals surface area contributed by atoms with Gasteiger partial charge in [0.05, 0.1) is 5.56 Å². The Hall–Kier alpha value is -2.64. The molecule has 0 aliphatic rings. The molecule has 0 aliphatic carbocycles. The summed E-state index contributed by atoms with van der Waals surface area (Å²) < 4.78 is 37.5. The summed E-state index contributed by atoms with van der Waals surface area (Å²) in [7, 11) is 0. The number of hydrogen-bond acceptors (Lipinski definition) is 4. The lowest BCUT2D eigenvalue weighted by Crippen LogP contribution is -2.09. The second-order valence-electron chi connectivity index (χ2n) is 3.77. The first kappa shape index (κ1) is 13.8. The average Bonchev–Trinajstić information content (AvgIpc) is 2.38. The Morgan fingerprint density at radius 3 is 2.60 bits per heavy atom. The number of carbonyl (C=O) groups is 1. The van der Waals surface area contributed by atoms with E-state index in [0.29, 0.717) is 0 Å². The standard InChI is InChI=1S/C12H8F3N3O2/c13-12(14,15)8-2-1-3-9(17-8)18-10-6-7(11(19)20)4-5-16-10/h1-6H,(H,19,20)(H,16,17,18). The molecule has 2 heterocycles. The van der Waals surface area contributed by atoms with Gasteiger partial charge in [0.2, 0.25) is 0 Å². The first-order valence-corrected chi connectivity index (χ1v) is 5.37. The second-order valence-corrected chi connectivity index (χ2v) is 3.77. The fraction of sp³-hybridized carbons (Fsp3) is 0.0833. The Bertz CT molecular complexity index is 644. The SMILES string of the molecule is O=C(O)c1ccnc(Nc2cccc(C(F)(F)F)n2)c1. The molecule has 5 nitrogen and oxygen atoms in total. The van der Waals surface area contributed by atoms with Crippen molar-refractivity contribution in [3.05, 3.63) is 47.8 Å². The van der Waals surface area contributed by atoms with E-state index in [9.17, 15) is 18.0 Å². The van der Waals surface area contributed by atoms with Crippen LogP contribution in [0.3, 0.4) is 0 Å². The number of nitrogens with one attached hydrogen (secondary N) is 1. The molecule has 0 amide bonds. The maximum absolute atomic E-state index is 12.5. The molecule has 20 heavy (non-hydrogen) atoms. The van der Waals surface area contributed by atoms with Crippen LogP contribution in [0, 0.1) is 0 Å². The molecular formula is C12H8F3N3O2. The Labute approximate surface area is 111 Å². The van der Waals surface area contributed by atoms with Crippen molar-refractivity contribution in [1.29, 1.82) is 0 Å². The van der Waals surface area contributed by atoms with Gasteiger partial charge in [-0.05, 0) is 24.3 Å². The third-order valence-electron chi connectivity index (χ3n) is 2.30. The molecule has 0 saturated heterocycles. The molecule has 8 heteroatoms. The molecule has 0 atom stereocenters. The molecular weight excluding hydrogens is 275 g/mol. The summed E-state index contributed by atoms with van der Waals surface area (Å²) in [5, 5.41) is 11.3. The van der Waals surface area contributed by atoms with Gasteiger partial charge in [-0.15, -0.1) is 0 Å². The maximum atomic E-state index is 12.5. The molecule has 104 valence electrons. The van der Waals surface area contributed by atoms with E-state index >= 15 is 0 Å². The third kappa shape index (κ3) is 3.22. The number of halogens is 3. The molecule has 2 aromatic heterocycles. The van der Waals surface area contributed by atoms with Gasteiger partial charge in [0.15, 0.2) is 0 Å². The minimum Gasteiger partial charge on any atom is -0.478 e. The van der Waals surface area contributed by atoms with Crippen molar-refractivity contribution in [2.75, 3.05) is 5.32 Å². The van der Waals surface area contributed by atoms with Crippen LogP contribution in [0.2, 0.25) is 0 Å². The second kappa shape index (κ2) is 5.16. The van der Waals surface area contributed by atoms with Gasteiger partial charge in [0.1, 0.15) is 17.3 Å². The Morgan fingerprint density at radius 2 is 1.95 bits per heavy atom. The number of anilines is 2. The van der Waals surface area contributed by atoms with Crippen molar-refractivity contribution in [3.63, 3.8) is 0 Å².